The van der Waals surface area contributed by atoms with Gasteiger partial charge in [-0.05, 0) is 23.3 Å². The van der Waals surface area contributed by atoms with E-state index < -0.39 is 18.2 Å². The van der Waals surface area contributed by atoms with Crippen molar-refractivity contribution in [1.29, 1.82) is 0 Å². The fourth-order valence-corrected chi connectivity index (χ4v) is 2.18. The predicted molar refractivity (Wildman–Crippen MR) is 92.2 cm³/mol. The number of aliphatic hydroxyl groups is 1. The molecule has 2 aromatic rings. The molecule has 0 aliphatic heterocycles. The number of carbonyl (C=O) groups is 1. The zero-order chi connectivity index (χ0) is 17.4. The Balaban J connectivity index is 2.07. The molecule has 0 amide bonds. The zero-order valence-corrected chi connectivity index (χ0v) is 13.1. The van der Waals surface area contributed by atoms with Gasteiger partial charge in [0.15, 0.2) is 0 Å². The molecular formula is C19H19NO4. The molecule has 2 aromatic carbocycles. The van der Waals surface area contributed by atoms with Crippen molar-refractivity contribution in [1.82, 2.24) is 0 Å². The SMILES string of the molecule is C=C[C@@H](O)C[C@H](/C=N/O)OC(=O)c1ccc(-c2ccccc2)cc1. The van der Waals surface area contributed by atoms with Crippen molar-refractivity contribution in [2.75, 3.05) is 0 Å². The number of esters is 1. The van der Waals surface area contributed by atoms with E-state index in [2.05, 4.69) is 11.7 Å². The van der Waals surface area contributed by atoms with Crippen LogP contribution in [0.25, 0.3) is 11.1 Å². The molecule has 0 aromatic heterocycles. The van der Waals surface area contributed by atoms with E-state index in [4.69, 9.17) is 9.94 Å². The highest BCUT2D eigenvalue weighted by molar-refractivity contribution is 5.91. The minimum Gasteiger partial charge on any atom is -0.453 e. The molecule has 5 heteroatoms. The van der Waals surface area contributed by atoms with Crippen molar-refractivity contribution >= 4 is 12.2 Å². The largest absolute Gasteiger partial charge is 0.453 e. The molecule has 0 radical (unpaired) electrons. The molecule has 0 fully saturated rings. The lowest BCUT2D eigenvalue weighted by molar-refractivity contribution is 0.0357. The lowest BCUT2D eigenvalue weighted by Crippen LogP contribution is -2.24. The van der Waals surface area contributed by atoms with Crippen LogP contribution in [0.3, 0.4) is 0 Å². The summed E-state index contributed by atoms with van der Waals surface area (Å²) in [6.07, 6.45) is 0.746. The van der Waals surface area contributed by atoms with E-state index in [-0.39, 0.29) is 6.42 Å². The summed E-state index contributed by atoms with van der Waals surface area (Å²) in [4.78, 5) is 12.2. The van der Waals surface area contributed by atoms with Gasteiger partial charge in [0.25, 0.3) is 0 Å². The number of rotatable bonds is 7. The van der Waals surface area contributed by atoms with E-state index in [0.29, 0.717) is 5.56 Å². The van der Waals surface area contributed by atoms with Gasteiger partial charge in [-0.25, -0.2) is 4.79 Å². The van der Waals surface area contributed by atoms with Gasteiger partial charge in [0.1, 0.15) is 6.10 Å². The van der Waals surface area contributed by atoms with E-state index in [1.54, 1.807) is 12.1 Å². The number of carbonyl (C=O) groups excluding carboxylic acids is 1. The third-order valence-electron chi connectivity index (χ3n) is 3.46. The number of nitrogens with zero attached hydrogens (tertiary/aromatic N) is 1. The second kappa shape index (κ2) is 8.64. The van der Waals surface area contributed by atoms with Crippen LogP contribution in [0.15, 0.2) is 72.4 Å². The Morgan fingerprint density at radius 3 is 2.33 bits per heavy atom. The normalized spacial score (nSPS) is 13.4. The van der Waals surface area contributed by atoms with Crippen molar-refractivity contribution < 1.29 is 19.8 Å². The number of benzene rings is 2. The fourth-order valence-electron chi connectivity index (χ4n) is 2.18. The Kier molecular flexibility index (Phi) is 6.28. The van der Waals surface area contributed by atoms with Gasteiger partial charge >= 0.3 is 5.97 Å². The summed E-state index contributed by atoms with van der Waals surface area (Å²) in [6, 6.07) is 16.8. The van der Waals surface area contributed by atoms with E-state index in [9.17, 15) is 9.90 Å². The molecule has 0 saturated carbocycles. The highest BCUT2D eigenvalue weighted by Gasteiger charge is 2.17. The second-order valence-electron chi connectivity index (χ2n) is 5.19. The van der Waals surface area contributed by atoms with Crippen LogP contribution in [-0.2, 0) is 4.74 Å². The van der Waals surface area contributed by atoms with Crippen LogP contribution in [0.4, 0.5) is 0 Å². The fraction of sp³-hybridized carbons (Fsp3) is 0.158. The molecule has 0 spiro atoms. The van der Waals surface area contributed by atoms with E-state index in [0.717, 1.165) is 17.3 Å². The highest BCUT2D eigenvalue weighted by atomic mass is 16.5. The average molecular weight is 325 g/mol. The number of hydrogen-bond acceptors (Lipinski definition) is 5. The maximum absolute atomic E-state index is 12.2. The molecule has 0 bridgehead atoms. The lowest BCUT2D eigenvalue weighted by Gasteiger charge is -2.15. The second-order valence-corrected chi connectivity index (χ2v) is 5.19. The zero-order valence-electron chi connectivity index (χ0n) is 13.1. The molecule has 124 valence electrons. The highest BCUT2D eigenvalue weighted by Crippen LogP contribution is 2.19. The van der Waals surface area contributed by atoms with Crippen LogP contribution in [0.1, 0.15) is 16.8 Å². The number of aliphatic hydroxyl groups excluding tert-OH is 1. The van der Waals surface area contributed by atoms with Crippen LogP contribution in [-0.4, -0.2) is 34.7 Å². The summed E-state index contributed by atoms with van der Waals surface area (Å²) >= 11 is 0. The lowest BCUT2D eigenvalue weighted by atomic mass is 10.0. The molecule has 24 heavy (non-hydrogen) atoms. The number of hydrogen-bond donors (Lipinski definition) is 2. The molecule has 2 N–H and O–H groups in total. The first-order valence-electron chi connectivity index (χ1n) is 7.48. The Labute approximate surface area is 140 Å². The third kappa shape index (κ3) is 4.79. The van der Waals surface area contributed by atoms with Crippen molar-refractivity contribution in [2.45, 2.75) is 18.6 Å². The average Bonchev–Trinajstić information content (AvgIpc) is 2.62. The molecular weight excluding hydrogens is 306 g/mol. The standard InChI is InChI=1S/C19H19NO4/c1-2-17(21)12-18(13-20-23)24-19(22)16-10-8-15(9-11-16)14-6-4-3-5-7-14/h2-11,13,17-18,21,23H,1,12H2/b20-13+/t17-,18-/m1/s1. The first-order chi connectivity index (χ1) is 11.6. The summed E-state index contributed by atoms with van der Waals surface area (Å²) in [6.45, 7) is 3.45. The first-order valence-corrected chi connectivity index (χ1v) is 7.48. The molecule has 2 atom stereocenters. The number of ether oxygens (including phenoxy) is 1. The van der Waals surface area contributed by atoms with Gasteiger partial charge in [-0.1, -0.05) is 53.7 Å². The van der Waals surface area contributed by atoms with E-state index in [1.165, 1.54) is 6.08 Å². The number of oxime groups is 1. The van der Waals surface area contributed by atoms with Gasteiger partial charge in [-0.15, -0.1) is 6.58 Å². The molecule has 0 aliphatic rings. The molecule has 5 nitrogen and oxygen atoms in total. The molecule has 0 saturated heterocycles. The predicted octanol–water partition coefficient (Wildman–Crippen LogP) is 3.28. The van der Waals surface area contributed by atoms with Crippen LogP contribution in [0.2, 0.25) is 0 Å². The molecule has 2 rings (SSSR count). The topological polar surface area (TPSA) is 79.1 Å². The summed E-state index contributed by atoms with van der Waals surface area (Å²) in [7, 11) is 0. The van der Waals surface area contributed by atoms with Gasteiger partial charge in [0.2, 0.25) is 0 Å². The van der Waals surface area contributed by atoms with Crippen LogP contribution in [0.5, 0.6) is 0 Å². The maximum atomic E-state index is 12.2. The minimum atomic E-state index is -0.860. The van der Waals surface area contributed by atoms with E-state index >= 15 is 0 Å². The summed E-state index contributed by atoms with van der Waals surface area (Å²) in [5, 5.41) is 21.1. The molecule has 0 aliphatic carbocycles. The molecule has 0 heterocycles. The summed E-state index contributed by atoms with van der Waals surface area (Å²) < 4.78 is 5.24. The maximum Gasteiger partial charge on any atom is 0.338 e. The Morgan fingerprint density at radius 2 is 1.75 bits per heavy atom. The van der Waals surface area contributed by atoms with Crippen LogP contribution >= 0.6 is 0 Å². The Hall–Kier alpha value is -2.92. The van der Waals surface area contributed by atoms with Crippen LogP contribution < -0.4 is 0 Å². The third-order valence-corrected chi connectivity index (χ3v) is 3.46. The van der Waals surface area contributed by atoms with Crippen molar-refractivity contribution in [3.63, 3.8) is 0 Å². The monoisotopic (exact) mass is 325 g/mol. The Bertz CT molecular complexity index is 695. The van der Waals surface area contributed by atoms with Gasteiger partial charge in [0.05, 0.1) is 17.9 Å². The van der Waals surface area contributed by atoms with Crippen molar-refractivity contribution in [2.24, 2.45) is 5.16 Å². The first kappa shape index (κ1) is 17.4. The van der Waals surface area contributed by atoms with Crippen molar-refractivity contribution in [3.05, 3.63) is 72.8 Å². The van der Waals surface area contributed by atoms with E-state index in [1.807, 2.05) is 42.5 Å². The van der Waals surface area contributed by atoms with Crippen LogP contribution in [0, 0.1) is 0 Å². The van der Waals surface area contributed by atoms with Crippen molar-refractivity contribution in [3.8, 4) is 11.1 Å². The summed E-state index contributed by atoms with van der Waals surface area (Å²) in [5.74, 6) is -0.559. The molecule has 0 unspecified atom stereocenters. The summed E-state index contributed by atoms with van der Waals surface area (Å²) in [5.41, 5.74) is 2.42. The van der Waals surface area contributed by atoms with Gasteiger partial charge in [-0.3, -0.25) is 0 Å². The van der Waals surface area contributed by atoms with Gasteiger partial charge in [0, 0.05) is 6.42 Å². The smallest absolute Gasteiger partial charge is 0.338 e. The Morgan fingerprint density at radius 1 is 1.12 bits per heavy atom. The van der Waals surface area contributed by atoms with Gasteiger partial charge < -0.3 is 15.1 Å². The quantitative estimate of drug-likeness (QED) is 0.269. The van der Waals surface area contributed by atoms with Gasteiger partial charge in [-0.2, -0.15) is 0 Å². The minimum absolute atomic E-state index is 0.0708.